The summed E-state index contributed by atoms with van der Waals surface area (Å²) < 4.78 is 0. The molecule has 0 aliphatic heterocycles. The van der Waals surface area contributed by atoms with E-state index in [4.69, 9.17) is 0 Å². The highest BCUT2D eigenvalue weighted by Crippen LogP contribution is 2.38. The van der Waals surface area contributed by atoms with Gasteiger partial charge in [0.15, 0.2) is 0 Å². The second-order valence-corrected chi connectivity index (χ2v) is 5.83. The fourth-order valence-corrected chi connectivity index (χ4v) is 3.21. The Hall–Kier alpha value is -1.67. The molecule has 2 nitrogen and oxygen atoms in total. The lowest BCUT2D eigenvalue weighted by Crippen LogP contribution is -2.28. The Bertz CT molecular complexity index is 565. The molecule has 20 heavy (non-hydrogen) atoms. The standard InChI is InChI=1S/C18H22N2/c1-13-9-10-18(17-8-4-3-7-16(13)17)20-14(2)15-6-5-11-19-12-15/h3-8,11-14,18,20H,9-10H2,1-2H3/t13?,14-,18?/m0/s1. The van der Waals surface area contributed by atoms with E-state index in [2.05, 4.69) is 54.5 Å². The van der Waals surface area contributed by atoms with Crippen LogP contribution in [-0.4, -0.2) is 4.98 Å². The highest BCUT2D eigenvalue weighted by molar-refractivity contribution is 5.35. The van der Waals surface area contributed by atoms with Gasteiger partial charge in [0.25, 0.3) is 0 Å². The van der Waals surface area contributed by atoms with Gasteiger partial charge in [-0.25, -0.2) is 0 Å². The van der Waals surface area contributed by atoms with Gasteiger partial charge in [-0.15, -0.1) is 0 Å². The second-order valence-electron chi connectivity index (χ2n) is 5.83. The summed E-state index contributed by atoms with van der Waals surface area (Å²) in [6.07, 6.45) is 6.25. The number of rotatable bonds is 3. The molecule has 1 N–H and O–H groups in total. The molecule has 0 saturated carbocycles. The summed E-state index contributed by atoms with van der Waals surface area (Å²) in [5, 5.41) is 3.77. The predicted molar refractivity (Wildman–Crippen MR) is 82.6 cm³/mol. The first kappa shape index (κ1) is 13.3. The zero-order valence-corrected chi connectivity index (χ0v) is 12.2. The van der Waals surface area contributed by atoms with Crippen molar-refractivity contribution in [3.8, 4) is 0 Å². The summed E-state index contributed by atoms with van der Waals surface area (Å²) in [5.74, 6) is 0.679. The van der Waals surface area contributed by atoms with Gasteiger partial charge in [-0.2, -0.15) is 0 Å². The van der Waals surface area contributed by atoms with Crippen LogP contribution >= 0.6 is 0 Å². The van der Waals surface area contributed by atoms with Gasteiger partial charge in [0.1, 0.15) is 0 Å². The lowest BCUT2D eigenvalue weighted by molar-refractivity contribution is 0.396. The first-order valence-electron chi connectivity index (χ1n) is 7.50. The molecular formula is C18H22N2. The summed E-state index contributed by atoms with van der Waals surface area (Å²) in [4.78, 5) is 4.22. The van der Waals surface area contributed by atoms with E-state index in [0.717, 1.165) is 0 Å². The van der Waals surface area contributed by atoms with E-state index in [0.29, 0.717) is 18.0 Å². The van der Waals surface area contributed by atoms with Gasteiger partial charge in [-0.3, -0.25) is 4.98 Å². The maximum absolute atomic E-state index is 4.22. The van der Waals surface area contributed by atoms with Crippen LogP contribution in [0.1, 0.15) is 61.4 Å². The highest BCUT2D eigenvalue weighted by atomic mass is 14.9. The molecule has 2 heteroatoms. The molecule has 0 fully saturated rings. The molecule has 1 aromatic heterocycles. The fraction of sp³-hybridized carbons (Fsp3) is 0.389. The minimum Gasteiger partial charge on any atom is -0.303 e. The molecule has 0 radical (unpaired) electrons. The van der Waals surface area contributed by atoms with Crippen LogP contribution in [0.4, 0.5) is 0 Å². The largest absolute Gasteiger partial charge is 0.303 e. The predicted octanol–water partition coefficient (Wildman–Crippen LogP) is 4.37. The number of hydrogen-bond acceptors (Lipinski definition) is 2. The first-order chi connectivity index (χ1) is 9.75. The molecular weight excluding hydrogens is 244 g/mol. The van der Waals surface area contributed by atoms with E-state index in [9.17, 15) is 0 Å². The van der Waals surface area contributed by atoms with Gasteiger partial charge >= 0.3 is 0 Å². The van der Waals surface area contributed by atoms with E-state index in [-0.39, 0.29) is 0 Å². The quantitative estimate of drug-likeness (QED) is 0.892. The van der Waals surface area contributed by atoms with E-state index >= 15 is 0 Å². The summed E-state index contributed by atoms with van der Waals surface area (Å²) in [7, 11) is 0. The van der Waals surface area contributed by atoms with Gasteiger partial charge in [-0.05, 0) is 48.4 Å². The van der Waals surface area contributed by atoms with Gasteiger partial charge < -0.3 is 5.32 Å². The van der Waals surface area contributed by atoms with Gasteiger partial charge in [0.05, 0.1) is 0 Å². The molecule has 0 amide bonds. The van der Waals surface area contributed by atoms with Crippen LogP contribution in [0.2, 0.25) is 0 Å². The van der Waals surface area contributed by atoms with Crippen molar-refractivity contribution < 1.29 is 0 Å². The van der Waals surface area contributed by atoms with Crippen molar-refractivity contribution in [2.45, 2.75) is 44.7 Å². The molecule has 1 aliphatic rings. The zero-order valence-electron chi connectivity index (χ0n) is 12.2. The van der Waals surface area contributed by atoms with Crippen LogP contribution in [0.5, 0.6) is 0 Å². The normalized spacial score (nSPS) is 23.1. The topological polar surface area (TPSA) is 24.9 Å². The minimum atomic E-state index is 0.329. The smallest absolute Gasteiger partial charge is 0.0328 e. The first-order valence-corrected chi connectivity index (χ1v) is 7.50. The van der Waals surface area contributed by atoms with Crippen LogP contribution < -0.4 is 5.32 Å². The third-order valence-corrected chi connectivity index (χ3v) is 4.43. The molecule has 1 aromatic carbocycles. The monoisotopic (exact) mass is 266 g/mol. The van der Waals surface area contributed by atoms with Crippen LogP contribution in [0.3, 0.4) is 0 Å². The highest BCUT2D eigenvalue weighted by Gasteiger charge is 2.25. The Labute approximate surface area is 121 Å². The molecule has 0 spiro atoms. The molecule has 3 rings (SSSR count). The Morgan fingerprint density at radius 1 is 1.10 bits per heavy atom. The van der Waals surface area contributed by atoms with Gasteiger partial charge in [-0.1, -0.05) is 37.3 Å². The van der Waals surface area contributed by atoms with Crippen molar-refractivity contribution in [2.24, 2.45) is 0 Å². The molecule has 0 saturated heterocycles. The summed E-state index contributed by atoms with van der Waals surface area (Å²) in [5.41, 5.74) is 4.24. The lowest BCUT2D eigenvalue weighted by atomic mass is 9.81. The average Bonchev–Trinajstić information content (AvgIpc) is 2.51. The number of nitrogens with zero attached hydrogens (tertiary/aromatic N) is 1. The van der Waals surface area contributed by atoms with Crippen LogP contribution in [0, 0.1) is 0 Å². The van der Waals surface area contributed by atoms with Crippen LogP contribution in [-0.2, 0) is 0 Å². The fourth-order valence-electron chi connectivity index (χ4n) is 3.21. The third-order valence-electron chi connectivity index (χ3n) is 4.43. The molecule has 3 atom stereocenters. The maximum atomic E-state index is 4.22. The Morgan fingerprint density at radius 3 is 2.65 bits per heavy atom. The second kappa shape index (κ2) is 5.76. The summed E-state index contributed by atoms with van der Waals surface area (Å²) in [6, 6.07) is 13.8. The van der Waals surface area contributed by atoms with E-state index in [1.165, 1.54) is 29.5 Å². The third kappa shape index (κ3) is 2.61. The number of nitrogens with one attached hydrogen (secondary N) is 1. The van der Waals surface area contributed by atoms with Crippen molar-refractivity contribution in [3.63, 3.8) is 0 Å². The van der Waals surface area contributed by atoms with Crippen molar-refractivity contribution >= 4 is 0 Å². The maximum Gasteiger partial charge on any atom is 0.0328 e. The molecule has 2 aromatic rings. The van der Waals surface area contributed by atoms with Gasteiger partial charge in [0.2, 0.25) is 0 Å². The molecule has 104 valence electrons. The Morgan fingerprint density at radius 2 is 1.90 bits per heavy atom. The summed E-state index contributed by atoms with van der Waals surface area (Å²) >= 11 is 0. The Kier molecular flexibility index (Phi) is 3.83. The van der Waals surface area contributed by atoms with Crippen LogP contribution in [0.15, 0.2) is 48.8 Å². The average molecular weight is 266 g/mol. The van der Waals surface area contributed by atoms with E-state index in [1.54, 1.807) is 0 Å². The van der Waals surface area contributed by atoms with Crippen molar-refractivity contribution in [3.05, 3.63) is 65.5 Å². The van der Waals surface area contributed by atoms with E-state index < -0.39 is 0 Å². The number of fused-ring (bicyclic) bond motifs is 1. The molecule has 2 unspecified atom stereocenters. The zero-order chi connectivity index (χ0) is 13.9. The van der Waals surface area contributed by atoms with Crippen molar-refractivity contribution in [1.29, 1.82) is 0 Å². The SMILES string of the molecule is CC1CCC(N[C@@H](C)c2cccnc2)c2ccccc21. The molecule has 1 aliphatic carbocycles. The molecule has 0 bridgehead atoms. The lowest BCUT2D eigenvalue weighted by Gasteiger charge is -2.32. The Balaban J connectivity index is 1.81. The molecule has 1 heterocycles. The van der Waals surface area contributed by atoms with Crippen LogP contribution in [0.25, 0.3) is 0 Å². The minimum absolute atomic E-state index is 0.329. The number of benzene rings is 1. The van der Waals surface area contributed by atoms with Crippen molar-refractivity contribution in [2.75, 3.05) is 0 Å². The van der Waals surface area contributed by atoms with Gasteiger partial charge in [0, 0.05) is 24.5 Å². The summed E-state index contributed by atoms with van der Waals surface area (Å²) in [6.45, 7) is 4.55. The number of pyridine rings is 1. The number of hydrogen-bond donors (Lipinski definition) is 1. The van der Waals surface area contributed by atoms with E-state index in [1.807, 2.05) is 18.5 Å². The number of aromatic nitrogens is 1. The van der Waals surface area contributed by atoms with Crippen molar-refractivity contribution in [1.82, 2.24) is 10.3 Å².